The van der Waals surface area contributed by atoms with E-state index in [0.717, 1.165) is 16.7 Å². The van der Waals surface area contributed by atoms with E-state index in [-0.39, 0.29) is 5.37 Å². The molecule has 41 heavy (non-hydrogen) atoms. The van der Waals surface area contributed by atoms with Gasteiger partial charge in [-0.25, -0.2) is 15.0 Å². The van der Waals surface area contributed by atoms with Gasteiger partial charge in [0.05, 0.1) is 5.69 Å². The van der Waals surface area contributed by atoms with E-state index >= 15 is 0 Å². The Balaban J connectivity index is 1.31. The highest BCUT2D eigenvalue weighted by atomic mass is 32.2. The first-order valence-electron chi connectivity index (χ1n) is 13.7. The van der Waals surface area contributed by atoms with Crippen LogP contribution in [0.1, 0.15) is 10.9 Å². The Kier molecular flexibility index (Phi) is 5.75. The molecule has 0 saturated heterocycles. The Labute approximate surface area is 242 Å². The molecule has 1 N–H and O–H groups in total. The van der Waals surface area contributed by atoms with Crippen molar-refractivity contribution in [3.63, 3.8) is 0 Å². The molecule has 1 aromatic heterocycles. The van der Waals surface area contributed by atoms with Crippen molar-refractivity contribution in [2.24, 2.45) is 0 Å². The number of thioether (sulfide) groups is 1. The summed E-state index contributed by atoms with van der Waals surface area (Å²) in [6.07, 6.45) is 0. The van der Waals surface area contributed by atoms with Gasteiger partial charge in [-0.1, -0.05) is 133 Å². The summed E-state index contributed by atoms with van der Waals surface area (Å²) in [6, 6.07) is 46.2. The third-order valence-corrected chi connectivity index (χ3v) is 8.76. The van der Waals surface area contributed by atoms with Crippen molar-refractivity contribution in [3.8, 4) is 34.2 Å². The Morgan fingerprint density at radius 1 is 0.512 bits per heavy atom. The standard InChI is InChI=1S/C36H24N4S/c1-4-10-25(11-5-1)33-38-34(26-12-6-2-7-13-26)40-35(39-33)28-19-17-23-16-18-24-20-21-30-32(31(24)29(23)22-28)37-36(41-30)27-14-8-3-9-15-27/h1-22,36-37H. The lowest BCUT2D eigenvalue weighted by molar-refractivity contribution is 1.07. The Morgan fingerprint density at radius 2 is 1.05 bits per heavy atom. The van der Waals surface area contributed by atoms with Gasteiger partial charge < -0.3 is 5.32 Å². The highest BCUT2D eigenvalue weighted by molar-refractivity contribution is 8.00. The molecule has 194 valence electrons. The van der Waals surface area contributed by atoms with E-state index in [9.17, 15) is 0 Å². The number of aromatic nitrogens is 3. The van der Waals surface area contributed by atoms with Gasteiger partial charge in [0, 0.05) is 27.0 Å². The van der Waals surface area contributed by atoms with Crippen molar-refractivity contribution < 1.29 is 0 Å². The number of fused-ring (bicyclic) bond motifs is 5. The van der Waals surface area contributed by atoms with Gasteiger partial charge in [-0.2, -0.15) is 0 Å². The predicted molar refractivity (Wildman–Crippen MR) is 170 cm³/mol. The van der Waals surface area contributed by atoms with Gasteiger partial charge in [0.2, 0.25) is 0 Å². The molecule has 0 fully saturated rings. The van der Waals surface area contributed by atoms with Gasteiger partial charge in [-0.3, -0.25) is 0 Å². The molecule has 1 atom stereocenters. The second-order valence-corrected chi connectivity index (χ2v) is 11.3. The molecule has 0 radical (unpaired) electrons. The normalized spacial score (nSPS) is 14.2. The fourth-order valence-electron chi connectivity index (χ4n) is 5.51. The molecule has 4 nitrogen and oxygen atoms in total. The van der Waals surface area contributed by atoms with E-state index < -0.39 is 0 Å². The molecular formula is C36H24N4S. The van der Waals surface area contributed by atoms with Gasteiger partial charge in [-0.15, -0.1) is 0 Å². The van der Waals surface area contributed by atoms with E-state index in [2.05, 4.69) is 78.1 Å². The minimum atomic E-state index is 0.181. The summed E-state index contributed by atoms with van der Waals surface area (Å²) < 4.78 is 0. The summed E-state index contributed by atoms with van der Waals surface area (Å²) in [5.74, 6) is 1.99. The van der Waals surface area contributed by atoms with Crippen LogP contribution >= 0.6 is 11.8 Å². The largest absolute Gasteiger partial charge is 0.368 e. The van der Waals surface area contributed by atoms with Crippen molar-refractivity contribution in [2.75, 3.05) is 5.32 Å². The monoisotopic (exact) mass is 544 g/mol. The first-order chi connectivity index (χ1) is 20.3. The van der Waals surface area contributed by atoms with Gasteiger partial charge in [0.1, 0.15) is 5.37 Å². The minimum absolute atomic E-state index is 0.181. The predicted octanol–water partition coefficient (Wildman–Crippen LogP) is 9.40. The number of benzene rings is 6. The zero-order valence-corrected chi connectivity index (χ0v) is 22.8. The number of hydrogen-bond acceptors (Lipinski definition) is 5. The highest BCUT2D eigenvalue weighted by Crippen LogP contribution is 2.50. The molecule has 1 unspecified atom stereocenters. The fourth-order valence-corrected chi connectivity index (χ4v) is 6.66. The van der Waals surface area contributed by atoms with Crippen LogP contribution < -0.4 is 5.32 Å². The lowest BCUT2D eigenvalue weighted by Crippen LogP contribution is -2.01. The minimum Gasteiger partial charge on any atom is -0.368 e. The molecule has 7 aromatic rings. The van der Waals surface area contributed by atoms with Gasteiger partial charge >= 0.3 is 0 Å². The average molecular weight is 545 g/mol. The smallest absolute Gasteiger partial charge is 0.164 e. The van der Waals surface area contributed by atoms with Crippen LogP contribution in [0.4, 0.5) is 5.69 Å². The van der Waals surface area contributed by atoms with Crippen molar-refractivity contribution in [3.05, 3.63) is 139 Å². The second-order valence-electron chi connectivity index (χ2n) is 10.1. The van der Waals surface area contributed by atoms with Crippen LogP contribution in [-0.4, -0.2) is 15.0 Å². The summed E-state index contributed by atoms with van der Waals surface area (Å²) in [5.41, 5.74) is 5.35. The molecule has 1 aliphatic rings. The maximum atomic E-state index is 4.97. The maximum Gasteiger partial charge on any atom is 0.164 e. The van der Waals surface area contributed by atoms with E-state index in [1.807, 2.05) is 72.4 Å². The lowest BCUT2D eigenvalue weighted by Gasteiger charge is -2.13. The van der Waals surface area contributed by atoms with Crippen LogP contribution in [0.3, 0.4) is 0 Å². The Morgan fingerprint density at radius 3 is 1.71 bits per heavy atom. The second kappa shape index (κ2) is 9.88. The Hall–Kier alpha value is -5.00. The first kappa shape index (κ1) is 23.9. The molecule has 8 rings (SSSR count). The van der Waals surface area contributed by atoms with Crippen LogP contribution in [0.15, 0.2) is 138 Å². The molecule has 5 heteroatoms. The lowest BCUT2D eigenvalue weighted by atomic mass is 9.98. The Bertz CT molecular complexity index is 1990. The van der Waals surface area contributed by atoms with Gasteiger partial charge in [0.25, 0.3) is 0 Å². The number of nitrogens with zero attached hydrogens (tertiary/aromatic N) is 3. The zero-order valence-electron chi connectivity index (χ0n) is 22.0. The topological polar surface area (TPSA) is 50.7 Å². The molecule has 0 spiro atoms. The van der Waals surface area contributed by atoms with Crippen LogP contribution in [0, 0.1) is 0 Å². The molecule has 6 aromatic carbocycles. The summed E-state index contributed by atoms with van der Waals surface area (Å²) in [5, 5.41) is 8.82. The van der Waals surface area contributed by atoms with Gasteiger partial charge in [0.15, 0.2) is 17.5 Å². The fraction of sp³-hybridized carbons (Fsp3) is 0.0278. The summed E-state index contributed by atoms with van der Waals surface area (Å²) in [6.45, 7) is 0. The van der Waals surface area contributed by atoms with Crippen LogP contribution in [-0.2, 0) is 0 Å². The SMILES string of the molecule is c1ccc(-c2nc(-c3ccccc3)nc(-c3ccc4ccc5ccc6c(c5c4c3)NC(c3ccccc3)S6)n2)cc1. The van der Waals surface area contributed by atoms with E-state index in [0.29, 0.717) is 17.5 Å². The van der Waals surface area contributed by atoms with E-state index in [4.69, 9.17) is 15.0 Å². The molecule has 0 aliphatic carbocycles. The molecule has 0 saturated carbocycles. The van der Waals surface area contributed by atoms with Crippen molar-refractivity contribution in [1.29, 1.82) is 0 Å². The quantitative estimate of drug-likeness (QED) is 0.224. The van der Waals surface area contributed by atoms with Crippen molar-refractivity contribution in [1.82, 2.24) is 15.0 Å². The molecule has 1 aliphatic heterocycles. The van der Waals surface area contributed by atoms with Crippen molar-refractivity contribution >= 4 is 39.0 Å². The number of hydrogen-bond donors (Lipinski definition) is 1. The highest BCUT2D eigenvalue weighted by Gasteiger charge is 2.25. The van der Waals surface area contributed by atoms with Crippen LogP contribution in [0.25, 0.3) is 55.7 Å². The summed E-state index contributed by atoms with van der Waals surface area (Å²) in [7, 11) is 0. The third-order valence-electron chi connectivity index (χ3n) is 7.54. The number of rotatable bonds is 4. The molecule has 0 amide bonds. The zero-order chi connectivity index (χ0) is 27.2. The molecule has 2 heterocycles. The number of anilines is 1. The molecule has 0 bridgehead atoms. The maximum absolute atomic E-state index is 4.97. The average Bonchev–Trinajstić information content (AvgIpc) is 3.50. The van der Waals surface area contributed by atoms with Gasteiger partial charge in [-0.05, 0) is 33.9 Å². The van der Waals surface area contributed by atoms with E-state index in [1.54, 1.807) is 0 Å². The third kappa shape index (κ3) is 4.31. The first-order valence-corrected chi connectivity index (χ1v) is 14.5. The van der Waals surface area contributed by atoms with Crippen LogP contribution in [0.5, 0.6) is 0 Å². The number of nitrogens with one attached hydrogen (secondary N) is 1. The summed E-state index contributed by atoms with van der Waals surface area (Å²) >= 11 is 1.87. The van der Waals surface area contributed by atoms with Crippen LogP contribution in [0.2, 0.25) is 0 Å². The molecular weight excluding hydrogens is 520 g/mol. The van der Waals surface area contributed by atoms with E-state index in [1.165, 1.54) is 37.7 Å². The summed E-state index contributed by atoms with van der Waals surface area (Å²) in [4.78, 5) is 16.1. The van der Waals surface area contributed by atoms with Crippen molar-refractivity contribution in [2.45, 2.75) is 10.3 Å².